The summed E-state index contributed by atoms with van der Waals surface area (Å²) in [5.41, 5.74) is -1.61. The summed E-state index contributed by atoms with van der Waals surface area (Å²) >= 11 is 0. The zero-order valence-electron chi connectivity index (χ0n) is 17.0. The van der Waals surface area contributed by atoms with Crippen molar-refractivity contribution in [1.82, 2.24) is 0 Å². The highest BCUT2D eigenvalue weighted by Crippen LogP contribution is 2.49. The van der Waals surface area contributed by atoms with Gasteiger partial charge in [0.1, 0.15) is 6.10 Å². The normalized spacial score (nSPS) is 19.0. The Morgan fingerprint density at radius 2 is 1.52 bits per heavy atom. The molecule has 1 aliphatic heterocycles. The monoisotopic (exact) mass is 427 g/mol. The molecule has 1 aliphatic rings. The molecule has 1 heterocycles. The Kier molecular flexibility index (Phi) is 6.45. The third-order valence-corrected chi connectivity index (χ3v) is 4.99. The van der Waals surface area contributed by atoms with Crippen molar-refractivity contribution in [2.24, 2.45) is 0 Å². The molecular formula is C22H21NO8. The summed E-state index contributed by atoms with van der Waals surface area (Å²) in [5, 5.41) is 10.9. The molecule has 0 unspecified atom stereocenters. The summed E-state index contributed by atoms with van der Waals surface area (Å²) in [4.78, 5) is 49.1. The van der Waals surface area contributed by atoms with Crippen molar-refractivity contribution in [3.8, 4) is 0 Å². The fraction of sp³-hybridized carbons (Fsp3) is 0.318. The lowest BCUT2D eigenvalue weighted by Crippen LogP contribution is -2.70. The molecule has 1 fully saturated rings. The maximum absolute atomic E-state index is 13.1. The number of ether oxygens (including phenoxy) is 3. The second-order valence-corrected chi connectivity index (χ2v) is 6.77. The SMILES string of the molecule is CCOC(=O)C1(C(=O)OCC)O[C@@H](C(=O)c2ccc([N+](=O)[O-])cc2)[C@@H]1c1ccccc1. The lowest BCUT2D eigenvalue weighted by atomic mass is 9.70. The van der Waals surface area contributed by atoms with Crippen molar-refractivity contribution in [3.05, 3.63) is 75.8 Å². The van der Waals surface area contributed by atoms with Crippen LogP contribution in [0.4, 0.5) is 5.69 Å². The molecule has 0 aromatic heterocycles. The maximum Gasteiger partial charge on any atom is 0.351 e. The van der Waals surface area contributed by atoms with Gasteiger partial charge in [-0.2, -0.15) is 0 Å². The first-order valence-electron chi connectivity index (χ1n) is 9.72. The first-order valence-corrected chi connectivity index (χ1v) is 9.72. The molecule has 0 bridgehead atoms. The van der Waals surface area contributed by atoms with Crippen LogP contribution in [0.1, 0.15) is 35.7 Å². The van der Waals surface area contributed by atoms with Crippen molar-refractivity contribution in [3.63, 3.8) is 0 Å². The second kappa shape index (κ2) is 9.05. The number of Topliss-reactive ketones (excluding diaryl/α,β-unsaturated/α-hetero) is 1. The number of carbonyl (C=O) groups is 3. The molecule has 2 aromatic rings. The average Bonchev–Trinajstić information content (AvgIpc) is 2.74. The summed E-state index contributed by atoms with van der Waals surface area (Å²) in [7, 11) is 0. The van der Waals surface area contributed by atoms with E-state index >= 15 is 0 Å². The Bertz CT molecular complexity index is 968. The Balaban J connectivity index is 2.03. The van der Waals surface area contributed by atoms with E-state index in [9.17, 15) is 24.5 Å². The predicted molar refractivity (Wildman–Crippen MR) is 107 cm³/mol. The Labute approximate surface area is 178 Å². The van der Waals surface area contributed by atoms with Gasteiger partial charge in [0, 0.05) is 17.7 Å². The number of carbonyl (C=O) groups excluding carboxylic acids is 3. The minimum atomic E-state index is -2.12. The Morgan fingerprint density at radius 1 is 0.968 bits per heavy atom. The van der Waals surface area contributed by atoms with Crippen LogP contribution < -0.4 is 0 Å². The average molecular weight is 427 g/mol. The lowest BCUT2D eigenvalue weighted by Gasteiger charge is -2.49. The van der Waals surface area contributed by atoms with Gasteiger partial charge in [-0.25, -0.2) is 9.59 Å². The highest BCUT2D eigenvalue weighted by molar-refractivity contribution is 6.11. The number of nitro benzene ring substituents is 1. The molecule has 162 valence electrons. The van der Waals surface area contributed by atoms with E-state index in [4.69, 9.17) is 14.2 Å². The number of non-ortho nitro benzene ring substituents is 1. The van der Waals surface area contributed by atoms with Gasteiger partial charge in [0.15, 0.2) is 5.78 Å². The van der Waals surface area contributed by atoms with Gasteiger partial charge in [-0.1, -0.05) is 30.3 Å². The van der Waals surface area contributed by atoms with Gasteiger partial charge in [0.2, 0.25) is 0 Å². The fourth-order valence-corrected chi connectivity index (χ4v) is 3.58. The quantitative estimate of drug-likeness (QED) is 0.207. The molecule has 1 saturated heterocycles. The molecule has 0 N–H and O–H groups in total. The van der Waals surface area contributed by atoms with E-state index in [0.717, 1.165) is 0 Å². The zero-order valence-corrected chi connectivity index (χ0v) is 17.0. The van der Waals surface area contributed by atoms with E-state index in [1.165, 1.54) is 24.3 Å². The molecule has 9 nitrogen and oxygen atoms in total. The van der Waals surface area contributed by atoms with Crippen molar-refractivity contribution in [2.75, 3.05) is 13.2 Å². The first-order chi connectivity index (χ1) is 14.9. The van der Waals surface area contributed by atoms with Crippen molar-refractivity contribution < 1.29 is 33.5 Å². The van der Waals surface area contributed by atoms with Crippen LogP contribution in [0.5, 0.6) is 0 Å². The third kappa shape index (κ3) is 3.91. The summed E-state index contributed by atoms with van der Waals surface area (Å²) in [6, 6.07) is 13.5. The van der Waals surface area contributed by atoms with Crippen LogP contribution in [-0.2, 0) is 23.8 Å². The topological polar surface area (TPSA) is 122 Å². The van der Waals surface area contributed by atoms with Gasteiger partial charge in [0.05, 0.1) is 24.1 Å². The number of nitro groups is 1. The van der Waals surface area contributed by atoms with E-state index in [2.05, 4.69) is 0 Å². The van der Waals surface area contributed by atoms with Crippen LogP contribution in [0.25, 0.3) is 0 Å². The number of nitrogens with zero attached hydrogens (tertiary/aromatic N) is 1. The van der Waals surface area contributed by atoms with Crippen molar-refractivity contribution >= 4 is 23.4 Å². The van der Waals surface area contributed by atoms with Crippen molar-refractivity contribution in [1.29, 1.82) is 0 Å². The molecule has 0 radical (unpaired) electrons. The van der Waals surface area contributed by atoms with Gasteiger partial charge >= 0.3 is 11.9 Å². The van der Waals surface area contributed by atoms with E-state index < -0.39 is 40.3 Å². The maximum atomic E-state index is 13.1. The molecule has 0 spiro atoms. The number of benzene rings is 2. The van der Waals surface area contributed by atoms with Gasteiger partial charge in [-0.05, 0) is 31.5 Å². The first kappa shape index (κ1) is 22.1. The van der Waals surface area contributed by atoms with E-state index in [1.54, 1.807) is 44.2 Å². The molecule has 3 rings (SSSR count). The second-order valence-electron chi connectivity index (χ2n) is 6.77. The summed E-state index contributed by atoms with van der Waals surface area (Å²) in [5.74, 6) is -3.38. The Morgan fingerprint density at radius 3 is 2.00 bits per heavy atom. The van der Waals surface area contributed by atoms with Crippen LogP contribution in [0.3, 0.4) is 0 Å². The number of esters is 2. The van der Waals surface area contributed by atoms with Gasteiger partial charge in [-0.3, -0.25) is 14.9 Å². The molecular weight excluding hydrogens is 406 g/mol. The van der Waals surface area contributed by atoms with Crippen LogP contribution >= 0.6 is 0 Å². The predicted octanol–water partition coefficient (Wildman–Crippen LogP) is 2.83. The van der Waals surface area contributed by atoms with Gasteiger partial charge < -0.3 is 14.2 Å². The molecule has 0 saturated carbocycles. The molecule has 0 aliphatic carbocycles. The van der Waals surface area contributed by atoms with E-state index in [0.29, 0.717) is 5.56 Å². The highest BCUT2D eigenvalue weighted by Gasteiger charge is 2.70. The minimum absolute atomic E-state index is 0.00578. The van der Waals surface area contributed by atoms with Gasteiger partial charge in [-0.15, -0.1) is 0 Å². The molecule has 2 atom stereocenters. The fourth-order valence-electron chi connectivity index (χ4n) is 3.58. The van der Waals surface area contributed by atoms with E-state index in [1.807, 2.05) is 0 Å². The molecule has 9 heteroatoms. The van der Waals surface area contributed by atoms with Crippen LogP contribution in [0, 0.1) is 10.1 Å². The van der Waals surface area contributed by atoms with Crippen LogP contribution in [0.2, 0.25) is 0 Å². The van der Waals surface area contributed by atoms with Crippen LogP contribution in [0.15, 0.2) is 54.6 Å². The summed E-state index contributed by atoms with van der Waals surface area (Å²) < 4.78 is 15.9. The molecule has 2 aromatic carbocycles. The number of hydrogen-bond acceptors (Lipinski definition) is 8. The van der Waals surface area contributed by atoms with Gasteiger partial charge in [0.25, 0.3) is 11.3 Å². The minimum Gasteiger partial charge on any atom is -0.463 e. The smallest absolute Gasteiger partial charge is 0.351 e. The molecule has 0 amide bonds. The number of rotatable bonds is 8. The number of ketones is 1. The summed E-state index contributed by atoms with van der Waals surface area (Å²) in [6.45, 7) is 3.19. The van der Waals surface area contributed by atoms with Crippen LogP contribution in [-0.4, -0.2) is 47.6 Å². The standard InChI is InChI=1S/C22H21NO8/c1-3-29-20(25)22(21(26)30-4-2)17(14-8-6-5-7-9-14)19(31-22)18(24)15-10-12-16(13-11-15)23(27)28/h5-13,17,19H,3-4H2,1-2H3/t17-,19+/m0/s1. The zero-order chi connectivity index (χ0) is 22.6. The highest BCUT2D eigenvalue weighted by atomic mass is 16.6. The molecule has 31 heavy (non-hydrogen) atoms. The van der Waals surface area contributed by atoms with E-state index in [-0.39, 0.29) is 24.5 Å². The number of hydrogen-bond donors (Lipinski definition) is 0. The van der Waals surface area contributed by atoms with Crippen molar-refractivity contribution in [2.45, 2.75) is 31.5 Å². The summed E-state index contributed by atoms with van der Waals surface area (Å²) in [6.07, 6.45) is -1.18. The Hall–Kier alpha value is -3.59. The largest absolute Gasteiger partial charge is 0.463 e. The third-order valence-electron chi connectivity index (χ3n) is 4.99. The lowest BCUT2D eigenvalue weighted by molar-refractivity contribution is -0.384.